The largest absolute Gasteiger partial charge is 0.465 e. The summed E-state index contributed by atoms with van der Waals surface area (Å²) in [7, 11) is 0. The second kappa shape index (κ2) is 9.11. The van der Waals surface area contributed by atoms with Crippen molar-refractivity contribution in [2.75, 3.05) is 13.1 Å². The number of amides is 1. The van der Waals surface area contributed by atoms with E-state index >= 15 is 0 Å². The number of hydrogen-bond acceptors (Lipinski definition) is 3. The van der Waals surface area contributed by atoms with Gasteiger partial charge in [-0.25, -0.2) is 0 Å². The van der Waals surface area contributed by atoms with Crippen LogP contribution in [-0.2, 0) is 19.3 Å². The summed E-state index contributed by atoms with van der Waals surface area (Å²) in [6.07, 6.45) is 8.94. The Kier molecular flexibility index (Phi) is 6.05. The van der Waals surface area contributed by atoms with Crippen LogP contribution in [-0.4, -0.2) is 28.9 Å². The first kappa shape index (κ1) is 21.3. The van der Waals surface area contributed by atoms with Crippen LogP contribution in [0.1, 0.15) is 75.9 Å². The van der Waals surface area contributed by atoms with Crippen LogP contribution in [0.25, 0.3) is 0 Å². The Bertz CT molecular complexity index is 1110. The van der Waals surface area contributed by atoms with Crippen LogP contribution in [0, 0.1) is 6.92 Å². The SMILES string of the molecule is Cc1oc2c(c1C(=O)N1CCC(c3ccc(Cc4cccc(Cl)c4)cn3)CC1)CCCC2. The summed E-state index contributed by atoms with van der Waals surface area (Å²) in [5.74, 6) is 2.38. The fourth-order valence-corrected chi connectivity index (χ4v) is 5.40. The average Bonchev–Trinajstić information content (AvgIpc) is 3.15. The van der Waals surface area contributed by atoms with Crippen molar-refractivity contribution in [3.63, 3.8) is 0 Å². The van der Waals surface area contributed by atoms with E-state index in [2.05, 4.69) is 18.2 Å². The highest BCUT2D eigenvalue weighted by molar-refractivity contribution is 6.30. The van der Waals surface area contributed by atoms with Gasteiger partial charge >= 0.3 is 0 Å². The number of pyridine rings is 1. The lowest BCUT2D eigenvalue weighted by Crippen LogP contribution is -2.38. The predicted octanol–water partition coefficient (Wildman–Crippen LogP) is 6.13. The zero-order valence-electron chi connectivity index (χ0n) is 18.6. The van der Waals surface area contributed by atoms with Crippen LogP contribution in [0.5, 0.6) is 0 Å². The zero-order valence-corrected chi connectivity index (χ0v) is 19.3. The molecule has 32 heavy (non-hydrogen) atoms. The van der Waals surface area contributed by atoms with Crippen molar-refractivity contribution in [1.82, 2.24) is 9.88 Å². The zero-order chi connectivity index (χ0) is 22.1. The summed E-state index contributed by atoms with van der Waals surface area (Å²) >= 11 is 6.10. The molecule has 0 radical (unpaired) electrons. The number of furan rings is 1. The van der Waals surface area contributed by atoms with E-state index < -0.39 is 0 Å². The Labute approximate surface area is 194 Å². The van der Waals surface area contributed by atoms with Crippen molar-refractivity contribution in [3.05, 3.63) is 87.1 Å². The van der Waals surface area contributed by atoms with Crippen molar-refractivity contribution in [2.24, 2.45) is 0 Å². The second-order valence-corrected chi connectivity index (χ2v) is 9.54. The molecule has 4 nitrogen and oxygen atoms in total. The van der Waals surface area contributed by atoms with Gasteiger partial charge in [-0.1, -0.05) is 29.8 Å². The van der Waals surface area contributed by atoms with Gasteiger partial charge in [0.1, 0.15) is 11.5 Å². The van der Waals surface area contributed by atoms with E-state index in [1.165, 1.54) is 11.1 Å². The molecule has 166 valence electrons. The number of likely N-dealkylation sites (tertiary alicyclic amines) is 1. The van der Waals surface area contributed by atoms with Crippen molar-refractivity contribution in [1.29, 1.82) is 0 Å². The first-order valence-corrected chi connectivity index (χ1v) is 12.1. The van der Waals surface area contributed by atoms with Crippen LogP contribution >= 0.6 is 11.6 Å². The van der Waals surface area contributed by atoms with Gasteiger partial charge in [-0.3, -0.25) is 9.78 Å². The number of hydrogen-bond donors (Lipinski definition) is 0. The molecule has 0 bridgehead atoms. The van der Waals surface area contributed by atoms with Gasteiger partial charge in [0.25, 0.3) is 5.91 Å². The second-order valence-electron chi connectivity index (χ2n) is 9.11. The summed E-state index contributed by atoms with van der Waals surface area (Å²) in [6, 6.07) is 12.3. The molecule has 0 spiro atoms. The van der Waals surface area contributed by atoms with Crippen LogP contribution < -0.4 is 0 Å². The maximum absolute atomic E-state index is 13.3. The Morgan fingerprint density at radius 1 is 1.12 bits per heavy atom. The van der Waals surface area contributed by atoms with Crippen molar-refractivity contribution in [2.45, 2.75) is 57.8 Å². The Balaban J connectivity index is 1.21. The minimum atomic E-state index is 0.151. The van der Waals surface area contributed by atoms with Crippen molar-refractivity contribution < 1.29 is 9.21 Å². The van der Waals surface area contributed by atoms with E-state index in [0.717, 1.165) is 91.4 Å². The van der Waals surface area contributed by atoms with E-state index in [-0.39, 0.29) is 5.91 Å². The lowest BCUT2D eigenvalue weighted by atomic mass is 9.91. The van der Waals surface area contributed by atoms with Crippen LogP contribution in [0.3, 0.4) is 0 Å². The first-order valence-electron chi connectivity index (χ1n) is 11.7. The molecule has 1 aliphatic heterocycles. The number of piperidine rings is 1. The lowest BCUT2D eigenvalue weighted by molar-refractivity contribution is 0.0709. The van der Waals surface area contributed by atoms with Gasteiger partial charge in [-0.2, -0.15) is 0 Å². The predicted molar refractivity (Wildman–Crippen MR) is 126 cm³/mol. The van der Waals surface area contributed by atoms with Gasteiger partial charge in [0.05, 0.1) is 5.56 Å². The number of fused-ring (bicyclic) bond motifs is 1. The normalized spacial score (nSPS) is 16.8. The third kappa shape index (κ3) is 4.33. The third-order valence-corrected chi connectivity index (χ3v) is 7.14. The van der Waals surface area contributed by atoms with Gasteiger partial charge in [-0.05, 0) is 74.8 Å². The molecular weight excluding hydrogens is 420 g/mol. The molecule has 1 saturated heterocycles. The highest BCUT2D eigenvalue weighted by Gasteiger charge is 2.31. The van der Waals surface area contributed by atoms with Gasteiger partial charge in [-0.15, -0.1) is 0 Å². The average molecular weight is 449 g/mol. The number of rotatable bonds is 4. The minimum absolute atomic E-state index is 0.151. The smallest absolute Gasteiger partial charge is 0.257 e. The summed E-state index contributed by atoms with van der Waals surface area (Å²) in [5.41, 5.74) is 5.50. The molecule has 0 atom stereocenters. The van der Waals surface area contributed by atoms with Crippen LogP contribution in [0.2, 0.25) is 5.02 Å². The molecule has 1 fully saturated rings. The molecular formula is C27H29ClN2O2. The van der Waals surface area contributed by atoms with E-state index in [1.54, 1.807) is 0 Å². The Hall–Kier alpha value is -2.59. The number of halogens is 1. The third-order valence-electron chi connectivity index (χ3n) is 6.91. The van der Waals surface area contributed by atoms with Crippen LogP contribution in [0.4, 0.5) is 0 Å². The number of carbonyl (C=O) groups excluding carboxylic acids is 1. The topological polar surface area (TPSA) is 46.3 Å². The molecule has 1 aliphatic carbocycles. The molecule has 1 amide bonds. The number of carbonyl (C=O) groups is 1. The summed E-state index contributed by atoms with van der Waals surface area (Å²) in [4.78, 5) is 20.1. The fraction of sp³-hybridized carbons (Fsp3) is 0.407. The van der Waals surface area contributed by atoms with Crippen molar-refractivity contribution in [3.8, 4) is 0 Å². The number of aromatic nitrogens is 1. The highest BCUT2D eigenvalue weighted by Crippen LogP contribution is 2.33. The van der Waals surface area contributed by atoms with Gasteiger partial charge in [0, 0.05) is 47.9 Å². The van der Waals surface area contributed by atoms with Gasteiger partial charge < -0.3 is 9.32 Å². The van der Waals surface area contributed by atoms with E-state index in [4.69, 9.17) is 21.0 Å². The Morgan fingerprint density at radius 3 is 2.69 bits per heavy atom. The van der Waals surface area contributed by atoms with E-state index in [0.29, 0.717) is 5.92 Å². The van der Waals surface area contributed by atoms with Gasteiger partial charge in [0.15, 0.2) is 0 Å². The first-order chi connectivity index (χ1) is 15.6. The maximum Gasteiger partial charge on any atom is 0.257 e. The summed E-state index contributed by atoms with van der Waals surface area (Å²) in [5, 5.41) is 0.763. The molecule has 1 aromatic carbocycles. The molecule has 0 N–H and O–H groups in total. The monoisotopic (exact) mass is 448 g/mol. The quantitative estimate of drug-likeness (QED) is 0.482. The van der Waals surface area contributed by atoms with Crippen molar-refractivity contribution >= 4 is 17.5 Å². The molecule has 5 rings (SSSR count). The molecule has 0 saturated carbocycles. The van der Waals surface area contributed by atoms with Gasteiger partial charge in [0.2, 0.25) is 0 Å². The molecule has 2 aliphatic rings. The van der Waals surface area contributed by atoms with E-state index in [1.807, 2.05) is 36.2 Å². The molecule has 3 heterocycles. The molecule has 3 aromatic rings. The number of aryl methyl sites for hydroxylation is 2. The Morgan fingerprint density at radius 2 is 1.94 bits per heavy atom. The highest BCUT2D eigenvalue weighted by atomic mass is 35.5. The fourth-order valence-electron chi connectivity index (χ4n) is 5.18. The number of benzene rings is 1. The summed E-state index contributed by atoms with van der Waals surface area (Å²) < 4.78 is 5.93. The van der Waals surface area contributed by atoms with Crippen LogP contribution in [0.15, 0.2) is 47.0 Å². The molecule has 0 unspecified atom stereocenters. The van der Waals surface area contributed by atoms with E-state index in [9.17, 15) is 4.79 Å². The standard InChI is InChI=1S/C27H29ClN2O2/c1-18-26(23-7-2-3-8-25(23)32-18)27(31)30-13-11-21(12-14-30)24-10-9-20(17-29-24)15-19-5-4-6-22(28)16-19/h4-6,9-10,16-17,21H,2-3,7-8,11-15H2,1H3. The number of nitrogens with zero attached hydrogens (tertiary/aromatic N) is 2. The molecule has 2 aromatic heterocycles. The molecule has 5 heteroatoms. The summed E-state index contributed by atoms with van der Waals surface area (Å²) in [6.45, 7) is 3.48. The minimum Gasteiger partial charge on any atom is -0.465 e. The maximum atomic E-state index is 13.3. The lowest BCUT2D eigenvalue weighted by Gasteiger charge is -2.32.